The summed E-state index contributed by atoms with van der Waals surface area (Å²) in [7, 11) is 0. The number of halogens is 1. The average molecular weight is 312 g/mol. The average Bonchev–Trinajstić information content (AvgIpc) is 2.41. The highest BCUT2D eigenvalue weighted by atomic mass is 35.5. The van der Waals surface area contributed by atoms with Crippen molar-refractivity contribution in [3.8, 4) is 0 Å². The van der Waals surface area contributed by atoms with Gasteiger partial charge < -0.3 is 15.8 Å². The van der Waals surface area contributed by atoms with E-state index >= 15 is 0 Å². The fourth-order valence-corrected chi connectivity index (χ4v) is 2.02. The maximum Gasteiger partial charge on any atom is 0.255 e. The zero-order chi connectivity index (χ0) is 15.4. The predicted octanol–water partition coefficient (Wildman–Crippen LogP) is 0.636. The van der Waals surface area contributed by atoms with E-state index in [0.717, 1.165) is 4.90 Å². The Balaban J connectivity index is 1.90. The van der Waals surface area contributed by atoms with E-state index < -0.39 is 11.8 Å². The first-order chi connectivity index (χ1) is 9.97. The molecule has 1 saturated heterocycles. The van der Waals surface area contributed by atoms with Crippen LogP contribution in [-0.2, 0) is 19.1 Å². The Morgan fingerprint density at radius 1 is 1.33 bits per heavy atom. The Labute approximate surface area is 126 Å². The molecule has 21 heavy (non-hydrogen) atoms. The lowest BCUT2D eigenvalue weighted by Gasteiger charge is -2.24. The number of carbonyl (C=O) groups is 3. The van der Waals surface area contributed by atoms with Gasteiger partial charge in [-0.3, -0.25) is 19.3 Å². The standard InChI is InChI=1S/C13H14ClN3O4/c14-8-1-2-10(9(15)5-8)16-11(18)3-4-17-12(19)6-21-7-13(17)20/h1-2,5H,3-4,6-7,15H2,(H,16,18). The number of nitrogen functional groups attached to an aromatic ring is 1. The Kier molecular flexibility index (Phi) is 4.77. The Morgan fingerprint density at radius 3 is 2.62 bits per heavy atom. The van der Waals surface area contributed by atoms with Gasteiger partial charge in [0, 0.05) is 18.0 Å². The van der Waals surface area contributed by atoms with Gasteiger partial charge in [-0.05, 0) is 18.2 Å². The van der Waals surface area contributed by atoms with Crippen molar-refractivity contribution in [2.75, 3.05) is 30.8 Å². The summed E-state index contributed by atoms with van der Waals surface area (Å²) in [5, 5.41) is 3.07. The number of amides is 3. The number of nitrogens with one attached hydrogen (secondary N) is 1. The molecule has 3 N–H and O–H groups in total. The van der Waals surface area contributed by atoms with Gasteiger partial charge in [-0.1, -0.05) is 11.6 Å². The van der Waals surface area contributed by atoms with Crippen LogP contribution in [0.3, 0.4) is 0 Å². The largest absolute Gasteiger partial charge is 0.397 e. The zero-order valence-corrected chi connectivity index (χ0v) is 11.9. The van der Waals surface area contributed by atoms with Crippen LogP contribution in [0.25, 0.3) is 0 Å². The zero-order valence-electron chi connectivity index (χ0n) is 11.1. The van der Waals surface area contributed by atoms with Gasteiger partial charge in [0.05, 0.1) is 11.4 Å². The molecule has 1 heterocycles. The summed E-state index contributed by atoms with van der Waals surface area (Å²) >= 11 is 5.76. The highest BCUT2D eigenvalue weighted by molar-refractivity contribution is 6.31. The lowest BCUT2D eigenvalue weighted by molar-refractivity contribution is -0.158. The molecule has 1 aliphatic rings. The number of rotatable bonds is 4. The topological polar surface area (TPSA) is 102 Å². The first kappa shape index (κ1) is 15.3. The van der Waals surface area contributed by atoms with E-state index in [4.69, 9.17) is 22.1 Å². The molecule has 112 valence electrons. The second-order valence-electron chi connectivity index (χ2n) is 4.46. The number of anilines is 2. The number of ether oxygens (including phenoxy) is 1. The molecule has 0 aromatic heterocycles. The van der Waals surface area contributed by atoms with Crippen LogP contribution >= 0.6 is 11.6 Å². The van der Waals surface area contributed by atoms with Crippen LogP contribution in [0.4, 0.5) is 11.4 Å². The molecular weight excluding hydrogens is 298 g/mol. The van der Waals surface area contributed by atoms with E-state index in [9.17, 15) is 14.4 Å². The molecule has 0 radical (unpaired) electrons. The van der Waals surface area contributed by atoms with Crippen LogP contribution in [-0.4, -0.2) is 42.4 Å². The highest BCUT2D eigenvalue weighted by Crippen LogP contribution is 2.22. The third-order valence-corrected chi connectivity index (χ3v) is 3.14. The number of benzene rings is 1. The summed E-state index contributed by atoms with van der Waals surface area (Å²) < 4.78 is 4.78. The number of nitrogens with two attached hydrogens (primary N) is 1. The lowest BCUT2D eigenvalue weighted by atomic mass is 10.2. The number of hydrogen-bond acceptors (Lipinski definition) is 5. The molecule has 0 atom stereocenters. The predicted molar refractivity (Wildman–Crippen MR) is 76.7 cm³/mol. The smallest absolute Gasteiger partial charge is 0.255 e. The molecule has 8 heteroatoms. The third-order valence-electron chi connectivity index (χ3n) is 2.90. The molecule has 0 spiro atoms. The summed E-state index contributed by atoms with van der Waals surface area (Å²) in [4.78, 5) is 35.8. The number of morpholine rings is 1. The molecular formula is C13H14ClN3O4. The Morgan fingerprint density at radius 2 is 2.00 bits per heavy atom. The first-order valence-corrected chi connectivity index (χ1v) is 6.61. The van der Waals surface area contributed by atoms with E-state index in [1.165, 1.54) is 6.07 Å². The number of imide groups is 1. The SMILES string of the molecule is Nc1cc(Cl)ccc1NC(=O)CCN1C(=O)COCC1=O. The van der Waals surface area contributed by atoms with Crippen LogP contribution in [0.5, 0.6) is 0 Å². The quantitative estimate of drug-likeness (QED) is 0.627. The molecule has 7 nitrogen and oxygen atoms in total. The van der Waals surface area contributed by atoms with E-state index in [2.05, 4.69) is 5.32 Å². The maximum atomic E-state index is 11.8. The summed E-state index contributed by atoms with van der Waals surface area (Å²) in [5.41, 5.74) is 6.49. The molecule has 1 fully saturated rings. The van der Waals surface area contributed by atoms with Gasteiger partial charge in [0.1, 0.15) is 13.2 Å². The summed E-state index contributed by atoms with van der Waals surface area (Å²) in [6, 6.07) is 4.70. The minimum Gasteiger partial charge on any atom is -0.397 e. The van der Waals surface area contributed by atoms with Crippen LogP contribution < -0.4 is 11.1 Å². The van der Waals surface area contributed by atoms with E-state index in [-0.39, 0.29) is 32.1 Å². The van der Waals surface area contributed by atoms with Crippen molar-refractivity contribution in [2.24, 2.45) is 0 Å². The summed E-state index contributed by atoms with van der Waals surface area (Å²) in [6.45, 7) is -0.269. The van der Waals surface area contributed by atoms with Gasteiger partial charge in [-0.2, -0.15) is 0 Å². The number of nitrogens with zero attached hydrogens (tertiary/aromatic N) is 1. The van der Waals surface area contributed by atoms with E-state index in [1.54, 1.807) is 12.1 Å². The van der Waals surface area contributed by atoms with Crippen molar-refractivity contribution in [2.45, 2.75) is 6.42 Å². The normalized spacial score (nSPS) is 15.2. The number of hydrogen-bond donors (Lipinski definition) is 2. The van der Waals surface area contributed by atoms with Crippen molar-refractivity contribution in [3.63, 3.8) is 0 Å². The summed E-state index contributed by atoms with van der Waals surface area (Å²) in [5.74, 6) is -1.23. The van der Waals surface area contributed by atoms with E-state index in [1.807, 2.05) is 0 Å². The van der Waals surface area contributed by atoms with Gasteiger partial charge in [0.15, 0.2) is 0 Å². The molecule has 0 aliphatic carbocycles. The first-order valence-electron chi connectivity index (χ1n) is 6.23. The highest BCUT2D eigenvalue weighted by Gasteiger charge is 2.26. The Hall–Kier alpha value is -2.12. The lowest BCUT2D eigenvalue weighted by Crippen LogP contribution is -2.47. The second-order valence-corrected chi connectivity index (χ2v) is 4.90. The molecule has 2 rings (SSSR count). The van der Waals surface area contributed by atoms with Gasteiger partial charge in [0.25, 0.3) is 11.8 Å². The van der Waals surface area contributed by atoms with Crippen molar-refractivity contribution < 1.29 is 19.1 Å². The van der Waals surface area contributed by atoms with Crippen LogP contribution in [0, 0.1) is 0 Å². The fourth-order valence-electron chi connectivity index (χ4n) is 1.84. The van der Waals surface area contributed by atoms with Gasteiger partial charge >= 0.3 is 0 Å². The van der Waals surface area contributed by atoms with Gasteiger partial charge in [-0.15, -0.1) is 0 Å². The molecule has 1 aromatic rings. The van der Waals surface area contributed by atoms with Gasteiger partial charge in [-0.25, -0.2) is 0 Å². The van der Waals surface area contributed by atoms with Crippen LogP contribution in [0.1, 0.15) is 6.42 Å². The van der Waals surface area contributed by atoms with E-state index in [0.29, 0.717) is 16.4 Å². The van der Waals surface area contributed by atoms with Gasteiger partial charge in [0.2, 0.25) is 5.91 Å². The molecule has 0 unspecified atom stereocenters. The van der Waals surface area contributed by atoms with Crippen molar-refractivity contribution >= 4 is 40.7 Å². The van der Waals surface area contributed by atoms with Crippen LogP contribution in [0.2, 0.25) is 5.02 Å². The minimum atomic E-state index is -0.440. The Bertz CT molecular complexity index is 575. The second kappa shape index (κ2) is 6.55. The van der Waals surface area contributed by atoms with Crippen molar-refractivity contribution in [3.05, 3.63) is 23.2 Å². The molecule has 0 saturated carbocycles. The summed E-state index contributed by atoms with van der Waals surface area (Å²) in [6.07, 6.45) is -0.0143. The molecule has 0 bridgehead atoms. The molecule has 3 amide bonds. The van der Waals surface area contributed by atoms with Crippen LogP contribution in [0.15, 0.2) is 18.2 Å². The minimum absolute atomic E-state index is 0.0142. The monoisotopic (exact) mass is 311 g/mol. The number of carbonyl (C=O) groups excluding carboxylic acids is 3. The van der Waals surface area contributed by atoms with Crippen molar-refractivity contribution in [1.82, 2.24) is 4.90 Å². The molecule has 1 aromatic carbocycles. The third kappa shape index (κ3) is 3.93. The van der Waals surface area contributed by atoms with Crippen molar-refractivity contribution in [1.29, 1.82) is 0 Å². The maximum absolute atomic E-state index is 11.8. The fraction of sp³-hybridized carbons (Fsp3) is 0.308. The molecule has 1 aliphatic heterocycles.